The number of hydrogen-bond donors (Lipinski definition) is 1. The number of rotatable bonds is 4. The largest absolute Gasteiger partial charge is 0.416 e. The van der Waals surface area contributed by atoms with Crippen LogP contribution in [0.5, 0.6) is 0 Å². The van der Waals surface area contributed by atoms with Gasteiger partial charge in [0.1, 0.15) is 6.33 Å². The highest BCUT2D eigenvalue weighted by molar-refractivity contribution is 7.59. The van der Waals surface area contributed by atoms with Crippen LogP contribution in [-0.2, 0) is 6.18 Å². The third kappa shape index (κ3) is 4.82. The van der Waals surface area contributed by atoms with E-state index in [-0.39, 0.29) is 25.3 Å². The molecule has 1 atom stereocenters. The molecule has 1 amide bonds. The maximum absolute atomic E-state index is 14.1. The summed E-state index contributed by atoms with van der Waals surface area (Å²) < 4.78 is 54.1. The molecule has 29 heavy (non-hydrogen) atoms. The lowest BCUT2D eigenvalue weighted by Gasteiger charge is -2.15. The number of hydrogen-bond acceptors (Lipinski definition) is 5. The van der Waals surface area contributed by atoms with Crippen molar-refractivity contribution >= 4 is 31.0 Å². The lowest BCUT2D eigenvalue weighted by atomic mass is 10.1. The number of benzene rings is 1. The molecule has 0 aliphatic rings. The fourth-order valence-corrected chi connectivity index (χ4v) is 2.58. The number of aromatic nitrogens is 5. The minimum absolute atomic E-state index is 0. The van der Waals surface area contributed by atoms with Gasteiger partial charge in [0.25, 0.3) is 11.9 Å². The molecule has 0 bridgehead atoms. The zero-order valence-corrected chi connectivity index (χ0v) is 16.3. The van der Waals surface area contributed by atoms with E-state index in [1.54, 1.807) is 6.07 Å². The maximum atomic E-state index is 14.1. The van der Waals surface area contributed by atoms with Gasteiger partial charge in [-0.15, -0.1) is 0 Å². The number of carbonyl (C=O) groups excluding carboxylic acids is 1. The van der Waals surface area contributed by atoms with E-state index in [0.717, 1.165) is 0 Å². The Labute approximate surface area is 173 Å². The SMILES string of the molecule is C[C@@H](NC(=O)c1cc(C(F)(F)F)cc(Cl)c1F)c1ncnn1-c1ncccn1.S. The van der Waals surface area contributed by atoms with Crippen LogP contribution >= 0.6 is 25.1 Å². The van der Waals surface area contributed by atoms with Crippen LogP contribution in [0, 0.1) is 5.82 Å². The van der Waals surface area contributed by atoms with Crippen molar-refractivity contribution in [3.8, 4) is 5.95 Å². The van der Waals surface area contributed by atoms with Crippen LogP contribution in [0.25, 0.3) is 5.95 Å². The molecule has 0 spiro atoms. The summed E-state index contributed by atoms with van der Waals surface area (Å²) in [5.41, 5.74) is -2.08. The van der Waals surface area contributed by atoms with Gasteiger partial charge in [-0.25, -0.2) is 19.3 Å². The van der Waals surface area contributed by atoms with Gasteiger partial charge in [0.2, 0.25) is 0 Å². The molecular weight excluding hydrogens is 436 g/mol. The van der Waals surface area contributed by atoms with Gasteiger partial charge in [0.05, 0.1) is 22.2 Å². The van der Waals surface area contributed by atoms with E-state index in [2.05, 4.69) is 25.4 Å². The van der Waals surface area contributed by atoms with Crippen molar-refractivity contribution in [3.63, 3.8) is 0 Å². The van der Waals surface area contributed by atoms with Crippen LogP contribution in [0.4, 0.5) is 17.6 Å². The van der Waals surface area contributed by atoms with E-state index in [9.17, 15) is 22.4 Å². The van der Waals surface area contributed by atoms with Crippen LogP contribution in [0.2, 0.25) is 5.02 Å². The van der Waals surface area contributed by atoms with E-state index >= 15 is 0 Å². The second-order valence-electron chi connectivity index (χ2n) is 5.59. The van der Waals surface area contributed by atoms with E-state index in [0.29, 0.717) is 12.1 Å². The van der Waals surface area contributed by atoms with Crippen LogP contribution in [-0.4, -0.2) is 30.6 Å². The lowest BCUT2D eigenvalue weighted by molar-refractivity contribution is -0.137. The van der Waals surface area contributed by atoms with Crippen molar-refractivity contribution < 1.29 is 22.4 Å². The van der Waals surface area contributed by atoms with Crippen molar-refractivity contribution in [1.82, 2.24) is 30.0 Å². The average molecular weight is 449 g/mol. The highest BCUT2D eigenvalue weighted by Crippen LogP contribution is 2.33. The van der Waals surface area contributed by atoms with Gasteiger partial charge in [0, 0.05) is 12.4 Å². The smallest absolute Gasteiger partial charge is 0.342 e. The summed E-state index contributed by atoms with van der Waals surface area (Å²) in [5, 5.41) is 5.51. The van der Waals surface area contributed by atoms with E-state index in [1.807, 2.05) is 0 Å². The molecule has 0 saturated carbocycles. The monoisotopic (exact) mass is 448 g/mol. The predicted octanol–water partition coefficient (Wildman–Crippen LogP) is 3.47. The summed E-state index contributed by atoms with van der Waals surface area (Å²) in [5.74, 6) is -1.99. The molecule has 0 aliphatic carbocycles. The first-order valence-electron chi connectivity index (χ1n) is 7.73. The van der Waals surface area contributed by atoms with Gasteiger partial charge in [0.15, 0.2) is 11.6 Å². The summed E-state index contributed by atoms with van der Waals surface area (Å²) in [7, 11) is 0. The molecule has 1 N–H and O–H groups in total. The zero-order chi connectivity index (χ0) is 20.5. The molecule has 0 saturated heterocycles. The zero-order valence-electron chi connectivity index (χ0n) is 14.6. The molecule has 0 fully saturated rings. The second kappa shape index (κ2) is 8.74. The van der Waals surface area contributed by atoms with Crippen molar-refractivity contribution in [2.24, 2.45) is 0 Å². The molecule has 0 unspecified atom stereocenters. The first-order valence-corrected chi connectivity index (χ1v) is 8.10. The quantitative estimate of drug-likeness (QED) is 0.618. The molecule has 3 aromatic rings. The van der Waals surface area contributed by atoms with Gasteiger partial charge in [-0.2, -0.15) is 36.4 Å². The van der Waals surface area contributed by atoms with E-state index in [1.165, 1.54) is 30.3 Å². The van der Waals surface area contributed by atoms with E-state index < -0.39 is 40.1 Å². The highest BCUT2D eigenvalue weighted by atomic mass is 35.5. The minimum Gasteiger partial charge on any atom is -0.342 e. The van der Waals surface area contributed by atoms with Gasteiger partial charge >= 0.3 is 6.18 Å². The summed E-state index contributed by atoms with van der Waals surface area (Å²) >= 11 is 5.51. The average Bonchev–Trinajstić information content (AvgIpc) is 3.13. The third-order valence-corrected chi connectivity index (χ3v) is 3.93. The standard InChI is InChI=1S/C16H11ClF4N6O.H2S/c1-8(13-24-7-25-27(13)15-22-3-2-4-23-15)26-14(28)10-5-9(16(19,20)21)6-11(17)12(10)18;/h2-8H,1H3,(H,26,28);1H2/t8-;/m1./s1. The Morgan fingerprint density at radius 1 is 1.21 bits per heavy atom. The first kappa shape index (κ1) is 22.6. The molecule has 0 aliphatic heterocycles. The molecule has 0 radical (unpaired) electrons. The molecule has 2 heterocycles. The number of nitrogens with zero attached hydrogens (tertiary/aromatic N) is 5. The van der Waals surface area contributed by atoms with Crippen LogP contribution in [0.15, 0.2) is 36.9 Å². The van der Waals surface area contributed by atoms with Crippen LogP contribution < -0.4 is 5.32 Å². The summed E-state index contributed by atoms with van der Waals surface area (Å²) in [6.07, 6.45) is -0.660. The van der Waals surface area contributed by atoms with E-state index in [4.69, 9.17) is 11.6 Å². The third-order valence-electron chi connectivity index (χ3n) is 3.65. The van der Waals surface area contributed by atoms with Crippen molar-refractivity contribution in [2.45, 2.75) is 19.1 Å². The highest BCUT2D eigenvalue weighted by Gasteiger charge is 2.33. The molecular formula is C16H13ClF4N6OS. The van der Waals surface area contributed by atoms with Gasteiger partial charge in [-0.05, 0) is 25.1 Å². The fourth-order valence-electron chi connectivity index (χ4n) is 2.36. The van der Waals surface area contributed by atoms with Crippen LogP contribution in [0.3, 0.4) is 0 Å². The molecule has 154 valence electrons. The Bertz CT molecular complexity index is 1010. The molecule has 3 rings (SSSR count). The number of nitrogens with one attached hydrogen (secondary N) is 1. The Hall–Kier alpha value is -2.73. The molecule has 1 aromatic carbocycles. The fraction of sp³-hybridized carbons (Fsp3) is 0.188. The summed E-state index contributed by atoms with van der Waals surface area (Å²) in [4.78, 5) is 24.4. The van der Waals surface area contributed by atoms with Crippen LogP contribution in [0.1, 0.15) is 34.7 Å². The van der Waals surface area contributed by atoms with Crippen molar-refractivity contribution in [1.29, 1.82) is 0 Å². The van der Waals surface area contributed by atoms with Gasteiger partial charge in [-0.1, -0.05) is 11.6 Å². The normalized spacial score (nSPS) is 12.2. The van der Waals surface area contributed by atoms with Gasteiger partial charge < -0.3 is 5.32 Å². The number of carbonyl (C=O) groups is 1. The number of alkyl halides is 3. The molecule has 2 aromatic heterocycles. The predicted molar refractivity (Wildman–Crippen MR) is 99.6 cm³/mol. The minimum atomic E-state index is -4.79. The number of halogens is 5. The van der Waals surface area contributed by atoms with Crippen molar-refractivity contribution in [3.05, 3.63) is 64.7 Å². The molecule has 13 heteroatoms. The Balaban J connectivity index is 0.00000300. The summed E-state index contributed by atoms with van der Waals surface area (Å²) in [6.45, 7) is 1.49. The van der Waals surface area contributed by atoms with Gasteiger partial charge in [-0.3, -0.25) is 4.79 Å². The Morgan fingerprint density at radius 2 is 1.86 bits per heavy atom. The Kier molecular flexibility index (Phi) is 6.80. The Morgan fingerprint density at radius 3 is 2.48 bits per heavy atom. The summed E-state index contributed by atoms with van der Waals surface area (Å²) in [6, 6.07) is 1.55. The molecule has 7 nitrogen and oxygen atoms in total. The lowest BCUT2D eigenvalue weighted by Crippen LogP contribution is -2.30. The number of amides is 1. The second-order valence-corrected chi connectivity index (χ2v) is 6.00. The maximum Gasteiger partial charge on any atom is 0.416 e. The first-order chi connectivity index (χ1) is 13.2. The topological polar surface area (TPSA) is 85.6 Å². The van der Waals surface area contributed by atoms with Crippen molar-refractivity contribution in [2.75, 3.05) is 0 Å².